The van der Waals surface area contributed by atoms with Gasteiger partial charge in [0.2, 0.25) is 0 Å². The van der Waals surface area contributed by atoms with Crippen LogP contribution in [0.25, 0.3) is 0 Å². The summed E-state index contributed by atoms with van der Waals surface area (Å²) in [7, 11) is 0. The summed E-state index contributed by atoms with van der Waals surface area (Å²) in [5.41, 5.74) is 4.87. The molecule has 1 aromatic heterocycles. The highest BCUT2D eigenvalue weighted by Crippen LogP contribution is 2.21. The summed E-state index contributed by atoms with van der Waals surface area (Å²) in [6, 6.07) is 3.33. The predicted octanol–water partition coefficient (Wildman–Crippen LogP) is 1.51. The van der Waals surface area contributed by atoms with Gasteiger partial charge in [0.15, 0.2) is 0 Å². The third-order valence-corrected chi connectivity index (χ3v) is 2.60. The molecule has 108 valence electrons. The van der Waals surface area contributed by atoms with Crippen LogP contribution in [-0.4, -0.2) is 27.0 Å². The van der Waals surface area contributed by atoms with Crippen LogP contribution in [0.4, 0.5) is 4.39 Å². The predicted molar refractivity (Wildman–Crippen MR) is 68.7 cm³/mol. The fourth-order valence-electron chi connectivity index (χ4n) is 1.57. The Hall–Kier alpha value is -3.03. The Morgan fingerprint density at radius 1 is 1.33 bits per heavy atom. The summed E-state index contributed by atoms with van der Waals surface area (Å²) in [5, 5.41) is 8.85. The fourth-order valence-corrected chi connectivity index (χ4v) is 1.57. The first-order chi connectivity index (χ1) is 9.88. The van der Waals surface area contributed by atoms with E-state index in [-0.39, 0.29) is 28.6 Å². The number of nitrogens with two attached hydrogens (primary N) is 1. The molecule has 7 nitrogen and oxygen atoms in total. The second-order valence-corrected chi connectivity index (χ2v) is 4.06. The number of benzene rings is 1. The van der Waals surface area contributed by atoms with Crippen LogP contribution in [0.3, 0.4) is 0 Å². The molecule has 0 saturated heterocycles. The molecule has 0 radical (unpaired) electrons. The normalized spacial score (nSPS) is 10.2. The van der Waals surface area contributed by atoms with Gasteiger partial charge in [-0.3, -0.25) is 4.79 Å². The van der Waals surface area contributed by atoms with E-state index in [1.807, 2.05) is 0 Å². The molecule has 0 aliphatic rings. The third-order valence-electron chi connectivity index (χ3n) is 2.60. The van der Waals surface area contributed by atoms with Crippen LogP contribution < -0.4 is 10.5 Å². The summed E-state index contributed by atoms with van der Waals surface area (Å²) in [6.07, 6.45) is 1.09. The zero-order valence-corrected chi connectivity index (χ0v) is 10.8. The molecule has 0 aliphatic carbocycles. The van der Waals surface area contributed by atoms with Gasteiger partial charge in [0.25, 0.3) is 5.91 Å². The largest absolute Gasteiger partial charge is 0.478 e. The van der Waals surface area contributed by atoms with E-state index < -0.39 is 17.7 Å². The van der Waals surface area contributed by atoms with Gasteiger partial charge in [-0.05, 0) is 19.1 Å². The standard InChI is InChI=1S/C13H10FN3O4/c1-6-9(12(19)20)5-16-13(17-6)21-7-2-3-8(11(15)18)10(14)4-7/h2-5H,1H3,(H2,15,18)(H,19,20). The van der Waals surface area contributed by atoms with Crippen LogP contribution in [0.1, 0.15) is 26.4 Å². The van der Waals surface area contributed by atoms with E-state index in [0.29, 0.717) is 0 Å². The molecular weight excluding hydrogens is 281 g/mol. The topological polar surface area (TPSA) is 115 Å². The molecular formula is C13H10FN3O4. The van der Waals surface area contributed by atoms with Crippen LogP contribution >= 0.6 is 0 Å². The number of hydrogen-bond donors (Lipinski definition) is 2. The van der Waals surface area contributed by atoms with Crippen molar-refractivity contribution in [1.82, 2.24) is 9.97 Å². The zero-order valence-electron chi connectivity index (χ0n) is 10.8. The molecule has 0 fully saturated rings. The van der Waals surface area contributed by atoms with Crippen LogP contribution in [0.15, 0.2) is 24.4 Å². The highest BCUT2D eigenvalue weighted by Gasteiger charge is 2.13. The molecule has 1 aromatic carbocycles. The SMILES string of the molecule is Cc1nc(Oc2ccc(C(N)=O)c(F)c2)ncc1C(=O)O. The first kappa shape index (κ1) is 14.4. The smallest absolute Gasteiger partial charge is 0.339 e. The Morgan fingerprint density at radius 3 is 2.57 bits per heavy atom. The number of halogens is 1. The lowest BCUT2D eigenvalue weighted by Gasteiger charge is -2.06. The number of amides is 1. The van der Waals surface area contributed by atoms with Crippen LogP contribution in [0.2, 0.25) is 0 Å². The van der Waals surface area contributed by atoms with Gasteiger partial charge in [-0.1, -0.05) is 0 Å². The molecule has 21 heavy (non-hydrogen) atoms. The van der Waals surface area contributed by atoms with Crippen LogP contribution in [0.5, 0.6) is 11.8 Å². The number of carboxylic acids is 1. The van der Waals surface area contributed by atoms with E-state index >= 15 is 0 Å². The summed E-state index contributed by atoms with van der Waals surface area (Å²) < 4.78 is 18.8. The van der Waals surface area contributed by atoms with Gasteiger partial charge in [-0.15, -0.1) is 0 Å². The molecule has 0 atom stereocenters. The summed E-state index contributed by atoms with van der Waals surface area (Å²) >= 11 is 0. The van der Waals surface area contributed by atoms with Gasteiger partial charge in [0.1, 0.15) is 11.6 Å². The van der Waals surface area contributed by atoms with Crippen molar-refractivity contribution in [1.29, 1.82) is 0 Å². The van der Waals surface area contributed by atoms with Gasteiger partial charge in [-0.2, -0.15) is 4.98 Å². The van der Waals surface area contributed by atoms with Crippen molar-refractivity contribution < 1.29 is 23.8 Å². The number of aromatic nitrogens is 2. The Morgan fingerprint density at radius 2 is 2.05 bits per heavy atom. The average molecular weight is 291 g/mol. The van der Waals surface area contributed by atoms with Gasteiger partial charge < -0.3 is 15.6 Å². The Labute approximate surface area is 118 Å². The maximum absolute atomic E-state index is 13.6. The molecule has 3 N–H and O–H groups in total. The lowest BCUT2D eigenvalue weighted by molar-refractivity contribution is 0.0694. The highest BCUT2D eigenvalue weighted by molar-refractivity contribution is 5.93. The molecule has 1 amide bonds. The quantitative estimate of drug-likeness (QED) is 0.882. The molecule has 0 bridgehead atoms. The number of ether oxygens (including phenoxy) is 1. The minimum Gasteiger partial charge on any atom is -0.478 e. The Balaban J connectivity index is 2.26. The summed E-state index contributed by atoms with van der Waals surface area (Å²) in [5.74, 6) is -2.83. The lowest BCUT2D eigenvalue weighted by Crippen LogP contribution is -2.13. The third kappa shape index (κ3) is 3.11. The zero-order chi connectivity index (χ0) is 15.6. The highest BCUT2D eigenvalue weighted by atomic mass is 19.1. The van der Waals surface area contributed by atoms with Crippen molar-refractivity contribution in [3.63, 3.8) is 0 Å². The van der Waals surface area contributed by atoms with Crippen molar-refractivity contribution in [2.24, 2.45) is 5.73 Å². The molecule has 1 heterocycles. The number of carbonyl (C=O) groups excluding carboxylic acids is 1. The van der Waals surface area contributed by atoms with Gasteiger partial charge >= 0.3 is 12.0 Å². The van der Waals surface area contributed by atoms with Crippen molar-refractivity contribution in [2.45, 2.75) is 6.92 Å². The molecule has 8 heteroatoms. The van der Waals surface area contributed by atoms with Crippen molar-refractivity contribution in [2.75, 3.05) is 0 Å². The number of hydrogen-bond acceptors (Lipinski definition) is 5. The molecule has 2 aromatic rings. The molecule has 0 spiro atoms. The number of carboxylic acid groups (broad SMARTS) is 1. The van der Waals surface area contributed by atoms with Crippen molar-refractivity contribution >= 4 is 11.9 Å². The molecule has 2 rings (SSSR count). The van der Waals surface area contributed by atoms with E-state index in [4.69, 9.17) is 15.6 Å². The minimum absolute atomic E-state index is 0.0555. The van der Waals surface area contributed by atoms with E-state index in [2.05, 4.69) is 9.97 Å². The number of primary amides is 1. The summed E-state index contributed by atoms with van der Waals surface area (Å²) in [6.45, 7) is 1.48. The number of nitrogens with zero attached hydrogens (tertiary/aromatic N) is 2. The monoisotopic (exact) mass is 291 g/mol. The number of carbonyl (C=O) groups is 2. The number of aromatic carboxylic acids is 1. The van der Waals surface area contributed by atoms with E-state index in [1.165, 1.54) is 19.1 Å². The van der Waals surface area contributed by atoms with E-state index in [9.17, 15) is 14.0 Å². The first-order valence-electron chi connectivity index (χ1n) is 5.72. The lowest BCUT2D eigenvalue weighted by atomic mass is 10.2. The first-order valence-corrected chi connectivity index (χ1v) is 5.72. The van der Waals surface area contributed by atoms with E-state index in [1.54, 1.807) is 0 Å². The van der Waals surface area contributed by atoms with Gasteiger partial charge in [0.05, 0.1) is 16.8 Å². The minimum atomic E-state index is -1.16. The second-order valence-electron chi connectivity index (χ2n) is 4.06. The second kappa shape index (κ2) is 5.53. The maximum Gasteiger partial charge on any atom is 0.339 e. The summed E-state index contributed by atoms with van der Waals surface area (Å²) in [4.78, 5) is 29.3. The van der Waals surface area contributed by atoms with Crippen molar-refractivity contribution in [3.8, 4) is 11.8 Å². The Kier molecular flexibility index (Phi) is 3.79. The number of rotatable bonds is 4. The number of aryl methyl sites for hydroxylation is 1. The van der Waals surface area contributed by atoms with E-state index in [0.717, 1.165) is 12.3 Å². The average Bonchev–Trinajstić information content (AvgIpc) is 2.37. The van der Waals surface area contributed by atoms with Gasteiger partial charge in [0, 0.05) is 12.3 Å². The molecule has 0 unspecified atom stereocenters. The van der Waals surface area contributed by atoms with Crippen LogP contribution in [-0.2, 0) is 0 Å². The molecule has 0 saturated carbocycles. The molecule has 0 aliphatic heterocycles. The van der Waals surface area contributed by atoms with Crippen molar-refractivity contribution in [3.05, 3.63) is 47.0 Å². The maximum atomic E-state index is 13.6. The Bertz CT molecular complexity index is 672. The van der Waals surface area contributed by atoms with Gasteiger partial charge in [-0.25, -0.2) is 14.2 Å². The van der Waals surface area contributed by atoms with Crippen LogP contribution in [0, 0.1) is 12.7 Å². The fraction of sp³-hybridized carbons (Fsp3) is 0.0769.